The summed E-state index contributed by atoms with van der Waals surface area (Å²) in [5.41, 5.74) is 2.91. The van der Waals surface area contributed by atoms with Crippen LogP contribution in [0.1, 0.15) is 24.0 Å². The van der Waals surface area contributed by atoms with Crippen LogP contribution in [-0.4, -0.2) is 41.1 Å². The monoisotopic (exact) mass is 404 g/mol. The highest BCUT2D eigenvalue weighted by molar-refractivity contribution is 5.55. The Hall–Kier alpha value is -3.12. The van der Waals surface area contributed by atoms with Gasteiger partial charge in [0, 0.05) is 24.0 Å². The average molecular weight is 405 g/mol. The highest BCUT2D eigenvalue weighted by atomic mass is 16.5. The van der Waals surface area contributed by atoms with Crippen molar-refractivity contribution in [1.82, 2.24) is 14.9 Å². The normalized spacial score (nSPS) is 13.9. The first-order valence-electron chi connectivity index (χ1n) is 10.5. The Labute approximate surface area is 177 Å². The maximum atomic E-state index is 5.96. The van der Waals surface area contributed by atoms with Crippen molar-refractivity contribution >= 4 is 11.6 Å². The van der Waals surface area contributed by atoms with E-state index in [0.29, 0.717) is 18.4 Å². The number of hydrogen-bond donors (Lipinski definition) is 1. The van der Waals surface area contributed by atoms with Crippen LogP contribution >= 0.6 is 0 Å². The lowest BCUT2D eigenvalue weighted by molar-refractivity contribution is 0.238. The molecule has 0 saturated carbocycles. The molecule has 1 N–H and O–H groups in total. The van der Waals surface area contributed by atoms with E-state index in [1.165, 1.54) is 25.9 Å². The van der Waals surface area contributed by atoms with E-state index in [9.17, 15) is 0 Å². The van der Waals surface area contributed by atoms with Crippen LogP contribution in [0, 0.1) is 13.8 Å². The Morgan fingerprint density at radius 1 is 1.00 bits per heavy atom. The highest BCUT2D eigenvalue weighted by Gasteiger charge is 2.11. The van der Waals surface area contributed by atoms with Crippen LogP contribution in [0.3, 0.4) is 0 Å². The summed E-state index contributed by atoms with van der Waals surface area (Å²) in [6.45, 7) is 8.06. The van der Waals surface area contributed by atoms with E-state index < -0.39 is 0 Å². The molecule has 2 aromatic carbocycles. The molecule has 6 nitrogen and oxygen atoms in total. The Morgan fingerprint density at radius 2 is 1.80 bits per heavy atom. The molecule has 0 radical (unpaired) electrons. The molecule has 4 rings (SSSR count). The molecule has 1 aromatic heterocycles. The van der Waals surface area contributed by atoms with Gasteiger partial charge in [-0.15, -0.1) is 0 Å². The third-order valence-corrected chi connectivity index (χ3v) is 5.11. The van der Waals surface area contributed by atoms with Gasteiger partial charge in [-0.1, -0.05) is 12.1 Å². The van der Waals surface area contributed by atoms with Crippen LogP contribution in [0.5, 0.6) is 17.4 Å². The number of aryl methyl sites for hydroxylation is 2. The van der Waals surface area contributed by atoms with Crippen LogP contribution in [-0.2, 0) is 0 Å². The predicted octanol–water partition coefficient (Wildman–Crippen LogP) is 5.10. The van der Waals surface area contributed by atoms with Crippen LogP contribution in [0.15, 0.2) is 54.7 Å². The number of ether oxygens (including phenoxy) is 2. The minimum absolute atomic E-state index is 0.492. The first-order chi connectivity index (χ1) is 14.7. The lowest BCUT2D eigenvalue weighted by atomic mass is 10.2. The summed E-state index contributed by atoms with van der Waals surface area (Å²) >= 11 is 0. The summed E-state index contributed by atoms with van der Waals surface area (Å²) in [5.74, 6) is 2.66. The van der Waals surface area contributed by atoms with Gasteiger partial charge in [0.25, 0.3) is 0 Å². The molecular weight excluding hydrogens is 376 g/mol. The highest BCUT2D eigenvalue weighted by Crippen LogP contribution is 2.25. The van der Waals surface area contributed by atoms with Gasteiger partial charge in [-0.05, 0) is 81.7 Å². The molecule has 0 spiro atoms. The van der Waals surface area contributed by atoms with Crippen molar-refractivity contribution in [3.63, 3.8) is 0 Å². The Kier molecular flexibility index (Phi) is 6.44. The van der Waals surface area contributed by atoms with Gasteiger partial charge in [0.15, 0.2) is 0 Å². The van der Waals surface area contributed by atoms with Crippen LogP contribution in [0.4, 0.5) is 11.6 Å². The Balaban J connectivity index is 1.35. The molecule has 30 heavy (non-hydrogen) atoms. The van der Waals surface area contributed by atoms with Crippen LogP contribution < -0.4 is 14.8 Å². The van der Waals surface area contributed by atoms with E-state index in [1.54, 1.807) is 6.20 Å². The molecule has 0 bridgehead atoms. The molecule has 0 atom stereocenters. The molecule has 2 heterocycles. The van der Waals surface area contributed by atoms with Gasteiger partial charge < -0.3 is 14.8 Å². The van der Waals surface area contributed by atoms with E-state index in [0.717, 1.165) is 34.9 Å². The molecule has 0 aliphatic carbocycles. The second-order valence-corrected chi connectivity index (χ2v) is 7.65. The van der Waals surface area contributed by atoms with Crippen molar-refractivity contribution in [2.45, 2.75) is 26.7 Å². The number of rotatable bonds is 8. The van der Waals surface area contributed by atoms with Crippen molar-refractivity contribution in [3.05, 3.63) is 65.9 Å². The topological polar surface area (TPSA) is 59.5 Å². The zero-order valence-electron chi connectivity index (χ0n) is 17.6. The van der Waals surface area contributed by atoms with Gasteiger partial charge in [0.05, 0.1) is 0 Å². The first kappa shape index (κ1) is 20.2. The minimum Gasteiger partial charge on any atom is -0.492 e. The van der Waals surface area contributed by atoms with Crippen molar-refractivity contribution in [1.29, 1.82) is 0 Å². The van der Waals surface area contributed by atoms with E-state index in [-0.39, 0.29) is 0 Å². The second-order valence-electron chi connectivity index (χ2n) is 7.65. The quantitative estimate of drug-likeness (QED) is 0.563. The largest absolute Gasteiger partial charge is 0.492 e. The van der Waals surface area contributed by atoms with E-state index >= 15 is 0 Å². The summed E-state index contributed by atoms with van der Waals surface area (Å²) in [5, 5.41) is 3.23. The van der Waals surface area contributed by atoms with Gasteiger partial charge >= 0.3 is 0 Å². The van der Waals surface area contributed by atoms with Gasteiger partial charge in [-0.2, -0.15) is 4.98 Å². The molecule has 1 aliphatic rings. The Bertz CT molecular complexity index is 969. The summed E-state index contributed by atoms with van der Waals surface area (Å²) in [6, 6.07) is 15.8. The summed E-state index contributed by atoms with van der Waals surface area (Å²) in [7, 11) is 0. The van der Waals surface area contributed by atoms with E-state index in [4.69, 9.17) is 9.47 Å². The van der Waals surface area contributed by atoms with Crippen molar-refractivity contribution < 1.29 is 9.47 Å². The molecule has 1 aliphatic heterocycles. The number of nitrogens with one attached hydrogen (secondary N) is 1. The van der Waals surface area contributed by atoms with E-state index in [1.807, 2.05) is 62.4 Å². The molecular formula is C24H28N4O2. The predicted molar refractivity (Wildman–Crippen MR) is 119 cm³/mol. The fourth-order valence-corrected chi connectivity index (χ4v) is 3.44. The summed E-state index contributed by atoms with van der Waals surface area (Å²) < 4.78 is 11.8. The zero-order valence-corrected chi connectivity index (χ0v) is 17.6. The zero-order chi connectivity index (χ0) is 20.8. The lowest BCUT2D eigenvalue weighted by Crippen LogP contribution is -2.25. The number of hydrogen-bond acceptors (Lipinski definition) is 6. The first-order valence-corrected chi connectivity index (χ1v) is 10.5. The third kappa shape index (κ3) is 5.48. The summed E-state index contributed by atoms with van der Waals surface area (Å²) in [6.07, 6.45) is 4.37. The SMILES string of the molecule is Cc1cccc(Oc2nc(Nc3ccc(OCCN4CCCC4)cc3)ncc2C)c1. The molecule has 156 valence electrons. The third-order valence-electron chi connectivity index (χ3n) is 5.11. The standard InChI is InChI=1S/C24H28N4O2/c1-18-6-5-7-22(16-18)30-23-19(2)17-25-24(27-23)26-20-8-10-21(11-9-20)29-15-14-28-12-3-4-13-28/h5-11,16-17H,3-4,12-15H2,1-2H3,(H,25,26,27). The van der Waals surface area contributed by atoms with Gasteiger partial charge in [0.2, 0.25) is 11.8 Å². The molecule has 1 saturated heterocycles. The minimum atomic E-state index is 0.492. The summed E-state index contributed by atoms with van der Waals surface area (Å²) in [4.78, 5) is 11.3. The second kappa shape index (κ2) is 9.59. The number of anilines is 2. The van der Waals surface area contributed by atoms with Gasteiger partial charge in [0.1, 0.15) is 18.1 Å². The Morgan fingerprint density at radius 3 is 2.57 bits per heavy atom. The lowest BCUT2D eigenvalue weighted by Gasteiger charge is -2.15. The number of nitrogens with zero attached hydrogens (tertiary/aromatic N) is 3. The number of likely N-dealkylation sites (tertiary alicyclic amines) is 1. The van der Waals surface area contributed by atoms with Crippen molar-refractivity contribution in [2.24, 2.45) is 0 Å². The van der Waals surface area contributed by atoms with E-state index in [2.05, 4.69) is 20.2 Å². The maximum Gasteiger partial charge on any atom is 0.230 e. The molecule has 6 heteroatoms. The molecule has 0 amide bonds. The fraction of sp³-hybridized carbons (Fsp3) is 0.333. The number of benzene rings is 2. The number of aromatic nitrogens is 2. The van der Waals surface area contributed by atoms with Crippen LogP contribution in [0.25, 0.3) is 0 Å². The smallest absolute Gasteiger partial charge is 0.230 e. The van der Waals surface area contributed by atoms with Gasteiger partial charge in [-0.3, -0.25) is 4.90 Å². The van der Waals surface area contributed by atoms with Crippen molar-refractivity contribution in [2.75, 3.05) is 31.6 Å². The molecule has 0 unspecified atom stereocenters. The maximum absolute atomic E-state index is 5.96. The van der Waals surface area contributed by atoms with Crippen molar-refractivity contribution in [3.8, 4) is 17.4 Å². The average Bonchev–Trinajstić information content (AvgIpc) is 3.25. The van der Waals surface area contributed by atoms with Crippen LogP contribution in [0.2, 0.25) is 0 Å². The fourth-order valence-electron chi connectivity index (χ4n) is 3.44. The molecule has 1 fully saturated rings. The van der Waals surface area contributed by atoms with Gasteiger partial charge in [-0.25, -0.2) is 4.98 Å². The molecule has 3 aromatic rings.